The molecule has 2 aromatic carbocycles. The van der Waals surface area contributed by atoms with Gasteiger partial charge in [-0.15, -0.1) is 0 Å². The van der Waals surface area contributed by atoms with Crippen LogP contribution in [0.3, 0.4) is 0 Å². The zero-order valence-electron chi connectivity index (χ0n) is 15.4. The number of carbonyl (C=O) groups is 2. The van der Waals surface area contributed by atoms with E-state index in [9.17, 15) is 9.59 Å². The first-order valence-electron chi connectivity index (χ1n) is 8.45. The van der Waals surface area contributed by atoms with Gasteiger partial charge in [0.05, 0.1) is 12.7 Å². The summed E-state index contributed by atoms with van der Waals surface area (Å²) in [4.78, 5) is 31.9. The Morgan fingerprint density at radius 3 is 2.21 bits per heavy atom. The fourth-order valence-corrected chi connectivity index (χ4v) is 2.42. The summed E-state index contributed by atoms with van der Waals surface area (Å²) in [7, 11) is 1.59. The lowest BCUT2D eigenvalue weighted by Crippen LogP contribution is -2.13. The van der Waals surface area contributed by atoms with Crippen LogP contribution in [0.25, 0.3) is 0 Å². The molecule has 0 aliphatic heterocycles. The summed E-state index contributed by atoms with van der Waals surface area (Å²) in [5.41, 5.74) is 2.22. The Balaban J connectivity index is 1.66. The molecular weight excluding hydrogens is 358 g/mol. The first kappa shape index (κ1) is 18.8. The third-order valence-electron chi connectivity index (χ3n) is 3.68. The number of ether oxygens (including phenoxy) is 1. The molecule has 0 aliphatic rings. The Labute approximate surface area is 162 Å². The van der Waals surface area contributed by atoms with Gasteiger partial charge >= 0.3 is 0 Å². The van der Waals surface area contributed by atoms with Gasteiger partial charge in [0.1, 0.15) is 5.75 Å². The smallest absolute Gasteiger partial charge is 0.258 e. The second-order valence-corrected chi connectivity index (χ2v) is 5.87. The van der Waals surface area contributed by atoms with Gasteiger partial charge in [-0.3, -0.25) is 9.59 Å². The molecule has 0 radical (unpaired) electrons. The largest absolute Gasteiger partial charge is 0.497 e. The van der Waals surface area contributed by atoms with E-state index in [0.29, 0.717) is 28.6 Å². The lowest BCUT2D eigenvalue weighted by Gasteiger charge is -2.09. The summed E-state index contributed by atoms with van der Waals surface area (Å²) in [5.74, 6) is 0.531. The molecule has 3 aromatic rings. The van der Waals surface area contributed by atoms with Crippen molar-refractivity contribution in [2.75, 3.05) is 23.1 Å². The van der Waals surface area contributed by atoms with E-state index in [1.807, 2.05) is 24.3 Å². The van der Waals surface area contributed by atoms with E-state index in [-0.39, 0.29) is 11.8 Å². The molecule has 1 heterocycles. The summed E-state index contributed by atoms with van der Waals surface area (Å²) in [5, 5.41) is 8.46. The minimum Gasteiger partial charge on any atom is -0.497 e. The topological polar surface area (TPSA) is 105 Å². The van der Waals surface area contributed by atoms with Gasteiger partial charge in [0.15, 0.2) is 0 Å². The molecule has 28 heavy (non-hydrogen) atoms. The highest BCUT2D eigenvalue weighted by molar-refractivity contribution is 6.04. The zero-order valence-corrected chi connectivity index (χ0v) is 15.4. The van der Waals surface area contributed by atoms with E-state index < -0.39 is 0 Å². The highest BCUT2D eigenvalue weighted by Crippen LogP contribution is 2.19. The maximum Gasteiger partial charge on any atom is 0.258 e. The predicted molar refractivity (Wildman–Crippen MR) is 107 cm³/mol. The molecule has 0 bridgehead atoms. The van der Waals surface area contributed by atoms with Crippen LogP contribution in [-0.4, -0.2) is 28.9 Å². The second kappa shape index (κ2) is 8.63. The van der Waals surface area contributed by atoms with Gasteiger partial charge in [-0.1, -0.05) is 12.1 Å². The van der Waals surface area contributed by atoms with E-state index in [2.05, 4.69) is 25.9 Å². The van der Waals surface area contributed by atoms with Crippen molar-refractivity contribution in [2.45, 2.75) is 6.92 Å². The minimum atomic E-state index is -0.354. The van der Waals surface area contributed by atoms with Crippen LogP contribution in [0, 0.1) is 0 Å². The van der Waals surface area contributed by atoms with Crippen molar-refractivity contribution >= 4 is 34.8 Å². The van der Waals surface area contributed by atoms with Gasteiger partial charge in [0.25, 0.3) is 5.91 Å². The van der Waals surface area contributed by atoms with Crippen LogP contribution in [0.5, 0.6) is 5.75 Å². The van der Waals surface area contributed by atoms with Crippen molar-refractivity contribution in [3.63, 3.8) is 0 Å². The second-order valence-electron chi connectivity index (χ2n) is 5.87. The van der Waals surface area contributed by atoms with Crippen molar-refractivity contribution in [3.05, 3.63) is 66.5 Å². The Bertz CT molecular complexity index is 989. The molecular formula is C20H19N5O3. The normalized spacial score (nSPS) is 10.1. The fourth-order valence-electron chi connectivity index (χ4n) is 2.42. The maximum absolute atomic E-state index is 12.4. The van der Waals surface area contributed by atoms with Gasteiger partial charge < -0.3 is 20.7 Å². The summed E-state index contributed by atoms with van der Waals surface area (Å²) < 4.78 is 5.17. The third kappa shape index (κ3) is 5.04. The maximum atomic E-state index is 12.4. The highest BCUT2D eigenvalue weighted by atomic mass is 16.5. The standard InChI is InChI=1S/C20H19N5O3/c1-13(26)23-15-5-3-6-16(9-15)24-19(27)14-11-21-20(22-12-14)25-17-7-4-8-18(10-17)28-2/h3-12H,1-2H3,(H,23,26)(H,24,27)(H,21,22,25). The van der Waals surface area contributed by atoms with Crippen LogP contribution < -0.4 is 20.7 Å². The molecule has 0 atom stereocenters. The zero-order chi connectivity index (χ0) is 19.9. The van der Waals surface area contributed by atoms with Gasteiger partial charge in [0, 0.05) is 42.4 Å². The lowest BCUT2D eigenvalue weighted by molar-refractivity contribution is -0.114. The molecule has 3 rings (SSSR count). The van der Waals surface area contributed by atoms with E-state index in [1.165, 1.54) is 19.3 Å². The van der Waals surface area contributed by atoms with Crippen molar-refractivity contribution in [2.24, 2.45) is 0 Å². The number of nitrogens with zero attached hydrogens (tertiary/aromatic N) is 2. The number of nitrogens with one attached hydrogen (secondary N) is 3. The van der Waals surface area contributed by atoms with E-state index in [4.69, 9.17) is 4.74 Å². The minimum absolute atomic E-state index is 0.184. The molecule has 2 amide bonds. The molecule has 142 valence electrons. The molecule has 0 spiro atoms. The monoisotopic (exact) mass is 377 g/mol. The number of hydrogen-bond acceptors (Lipinski definition) is 6. The summed E-state index contributed by atoms with van der Waals surface area (Å²) in [6.07, 6.45) is 2.87. The van der Waals surface area contributed by atoms with Crippen molar-refractivity contribution < 1.29 is 14.3 Å². The van der Waals surface area contributed by atoms with Crippen molar-refractivity contribution in [3.8, 4) is 5.75 Å². The number of anilines is 4. The van der Waals surface area contributed by atoms with Crippen molar-refractivity contribution in [1.29, 1.82) is 0 Å². The Morgan fingerprint density at radius 1 is 0.893 bits per heavy atom. The molecule has 0 saturated heterocycles. The van der Waals surface area contributed by atoms with Crippen LogP contribution in [-0.2, 0) is 4.79 Å². The van der Waals surface area contributed by atoms with Crippen LogP contribution in [0.2, 0.25) is 0 Å². The van der Waals surface area contributed by atoms with Crippen LogP contribution in [0.1, 0.15) is 17.3 Å². The third-order valence-corrected chi connectivity index (χ3v) is 3.68. The summed E-state index contributed by atoms with van der Waals surface area (Å²) in [6.45, 7) is 1.42. The van der Waals surface area contributed by atoms with Crippen LogP contribution >= 0.6 is 0 Å². The molecule has 8 nitrogen and oxygen atoms in total. The molecule has 3 N–H and O–H groups in total. The molecule has 0 saturated carbocycles. The van der Waals surface area contributed by atoms with E-state index in [0.717, 1.165) is 5.69 Å². The first-order valence-corrected chi connectivity index (χ1v) is 8.45. The molecule has 1 aromatic heterocycles. The Hall–Kier alpha value is -3.94. The number of benzene rings is 2. The first-order chi connectivity index (χ1) is 13.5. The number of methoxy groups -OCH3 is 1. The lowest BCUT2D eigenvalue weighted by atomic mass is 10.2. The van der Waals surface area contributed by atoms with Gasteiger partial charge in [0.2, 0.25) is 11.9 Å². The van der Waals surface area contributed by atoms with Crippen LogP contribution in [0.15, 0.2) is 60.9 Å². The number of carbonyl (C=O) groups excluding carboxylic acids is 2. The quantitative estimate of drug-likeness (QED) is 0.608. The molecule has 0 aliphatic carbocycles. The molecule has 0 unspecified atom stereocenters. The van der Waals surface area contributed by atoms with Crippen LogP contribution in [0.4, 0.5) is 23.0 Å². The van der Waals surface area contributed by atoms with E-state index >= 15 is 0 Å². The highest BCUT2D eigenvalue weighted by Gasteiger charge is 2.09. The molecule has 0 fully saturated rings. The summed E-state index contributed by atoms with van der Waals surface area (Å²) in [6, 6.07) is 14.2. The molecule has 8 heteroatoms. The number of hydrogen-bond donors (Lipinski definition) is 3. The summed E-state index contributed by atoms with van der Waals surface area (Å²) >= 11 is 0. The van der Waals surface area contributed by atoms with Gasteiger partial charge in [-0.25, -0.2) is 9.97 Å². The number of aromatic nitrogens is 2. The van der Waals surface area contributed by atoms with Gasteiger partial charge in [-0.05, 0) is 30.3 Å². The predicted octanol–water partition coefficient (Wildman–Crippen LogP) is 3.44. The Morgan fingerprint density at radius 2 is 1.54 bits per heavy atom. The number of rotatable bonds is 6. The fraction of sp³-hybridized carbons (Fsp3) is 0.100. The van der Waals surface area contributed by atoms with Gasteiger partial charge in [-0.2, -0.15) is 0 Å². The average Bonchev–Trinajstić information content (AvgIpc) is 2.68. The average molecular weight is 377 g/mol. The number of amides is 2. The van der Waals surface area contributed by atoms with E-state index in [1.54, 1.807) is 31.4 Å². The van der Waals surface area contributed by atoms with Crippen molar-refractivity contribution in [1.82, 2.24) is 9.97 Å². The SMILES string of the molecule is COc1cccc(Nc2ncc(C(=O)Nc3cccc(NC(C)=O)c3)cn2)c1. The Kier molecular flexibility index (Phi) is 5.81.